The van der Waals surface area contributed by atoms with Crippen LogP contribution in [0.25, 0.3) is 0 Å². The number of benzene rings is 1. The SMILES string of the molecule is CCOCC(NS(=O)(=O)c1ccc(N)cc1C#N)C(C)C. The van der Waals surface area contributed by atoms with Crippen LogP contribution in [0.15, 0.2) is 23.1 Å². The normalized spacial score (nSPS) is 13.1. The van der Waals surface area contributed by atoms with Crippen LogP contribution in [-0.2, 0) is 14.8 Å². The van der Waals surface area contributed by atoms with E-state index in [9.17, 15) is 8.42 Å². The van der Waals surface area contributed by atoms with Crippen molar-refractivity contribution < 1.29 is 13.2 Å². The number of sulfonamides is 1. The van der Waals surface area contributed by atoms with Gasteiger partial charge < -0.3 is 10.5 Å². The predicted octanol–water partition coefficient (Wildman–Crippen LogP) is 1.48. The lowest BCUT2D eigenvalue weighted by atomic mass is 10.1. The Labute approximate surface area is 126 Å². The van der Waals surface area contributed by atoms with E-state index in [1.807, 2.05) is 26.8 Å². The molecular formula is C14H21N3O3S. The Morgan fingerprint density at radius 1 is 1.43 bits per heavy atom. The van der Waals surface area contributed by atoms with Gasteiger partial charge in [0.2, 0.25) is 10.0 Å². The molecule has 21 heavy (non-hydrogen) atoms. The summed E-state index contributed by atoms with van der Waals surface area (Å²) in [6.07, 6.45) is 0. The first-order valence-electron chi connectivity index (χ1n) is 6.71. The van der Waals surface area contributed by atoms with Gasteiger partial charge in [-0.1, -0.05) is 13.8 Å². The summed E-state index contributed by atoms with van der Waals surface area (Å²) in [5.74, 6) is 0.0608. The standard InChI is InChI=1S/C14H21N3O3S/c1-4-20-9-13(10(2)3)17-21(18,19)14-6-5-12(16)7-11(14)8-15/h5-7,10,13,17H,4,9,16H2,1-3H3. The van der Waals surface area contributed by atoms with Crippen molar-refractivity contribution in [3.8, 4) is 6.07 Å². The first kappa shape index (κ1) is 17.4. The molecular weight excluding hydrogens is 290 g/mol. The highest BCUT2D eigenvalue weighted by Gasteiger charge is 2.25. The molecule has 0 aliphatic carbocycles. The van der Waals surface area contributed by atoms with Crippen LogP contribution in [0.3, 0.4) is 0 Å². The average Bonchev–Trinajstić information content (AvgIpc) is 2.42. The highest BCUT2D eigenvalue weighted by Crippen LogP contribution is 2.19. The Balaban J connectivity index is 3.08. The van der Waals surface area contributed by atoms with Crippen molar-refractivity contribution in [1.82, 2.24) is 4.72 Å². The lowest BCUT2D eigenvalue weighted by molar-refractivity contribution is 0.116. The van der Waals surface area contributed by atoms with E-state index in [1.54, 1.807) is 0 Å². The fourth-order valence-electron chi connectivity index (χ4n) is 1.74. The monoisotopic (exact) mass is 311 g/mol. The van der Waals surface area contributed by atoms with Crippen LogP contribution in [0, 0.1) is 17.2 Å². The second-order valence-electron chi connectivity index (χ2n) is 5.00. The zero-order valence-electron chi connectivity index (χ0n) is 12.5. The highest BCUT2D eigenvalue weighted by atomic mass is 32.2. The molecule has 1 atom stereocenters. The fourth-order valence-corrected chi connectivity index (χ4v) is 3.25. The summed E-state index contributed by atoms with van der Waals surface area (Å²) >= 11 is 0. The molecule has 0 amide bonds. The molecule has 0 saturated carbocycles. The first-order valence-corrected chi connectivity index (χ1v) is 8.19. The van der Waals surface area contributed by atoms with Crippen molar-refractivity contribution in [1.29, 1.82) is 5.26 Å². The van der Waals surface area contributed by atoms with Crippen molar-refractivity contribution in [3.05, 3.63) is 23.8 Å². The number of nitrogen functional groups attached to an aromatic ring is 1. The number of nitrogens with two attached hydrogens (primary N) is 1. The van der Waals surface area contributed by atoms with Crippen molar-refractivity contribution >= 4 is 15.7 Å². The molecule has 0 fully saturated rings. The van der Waals surface area contributed by atoms with Gasteiger partial charge in [0.25, 0.3) is 0 Å². The fraction of sp³-hybridized carbons (Fsp3) is 0.500. The van der Waals surface area contributed by atoms with Gasteiger partial charge in [0.1, 0.15) is 6.07 Å². The van der Waals surface area contributed by atoms with Crippen molar-refractivity contribution in [2.75, 3.05) is 18.9 Å². The third-order valence-electron chi connectivity index (χ3n) is 3.03. The Morgan fingerprint density at radius 2 is 2.10 bits per heavy atom. The van der Waals surface area contributed by atoms with Crippen LogP contribution in [-0.4, -0.2) is 27.7 Å². The molecule has 1 unspecified atom stereocenters. The van der Waals surface area contributed by atoms with Gasteiger partial charge in [-0.2, -0.15) is 5.26 Å². The van der Waals surface area contributed by atoms with Crippen molar-refractivity contribution in [2.24, 2.45) is 5.92 Å². The van der Waals surface area contributed by atoms with Crippen molar-refractivity contribution in [2.45, 2.75) is 31.7 Å². The number of anilines is 1. The second-order valence-corrected chi connectivity index (χ2v) is 6.68. The van der Waals surface area contributed by atoms with Gasteiger partial charge in [0.15, 0.2) is 0 Å². The number of nitrogens with zero attached hydrogens (tertiary/aromatic N) is 1. The van der Waals surface area contributed by atoms with Crippen LogP contribution in [0.4, 0.5) is 5.69 Å². The van der Waals surface area contributed by atoms with E-state index in [0.29, 0.717) is 12.3 Å². The molecule has 3 N–H and O–H groups in total. The van der Waals surface area contributed by atoms with Crippen LogP contribution in [0.2, 0.25) is 0 Å². The summed E-state index contributed by atoms with van der Waals surface area (Å²) in [6.45, 7) is 6.45. The molecule has 1 aromatic carbocycles. The van der Waals surface area contributed by atoms with E-state index in [4.69, 9.17) is 15.7 Å². The second kappa shape index (κ2) is 7.41. The van der Waals surface area contributed by atoms with E-state index in [2.05, 4.69) is 4.72 Å². The zero-order chi connectivity index (χ0) is 16.0. The Morgan fingerprint density at radius 3 is 2.62 bits per heavy atom. The molecule has 1 aromatic rings. The minimum atomic E-state index is -3.80. The molecule has 1 rings (SSSR count). The average molecular weight is 311 g/mol. The number of hydrogen-bond acceptors (Lipinski definition) is 5. The van der Waals surface area contributed by atoms with Crippen LogP contribution >= 0.6 is 0 Å². The Kier molecular flexibility index (Phi) is 6.15. The van der Waals surface area contributed by atoms with E-state index in [1.165, 1.54) is 18.2 Å². The van der Waals surface area contributed by atoms with Gasteiger partial charge in [-0.05, 0) is 31.0 Å². The number of nitrogens with one attached hydrogen (secondary N) is 1. The van der Waals surface area contributed by atoms with Gasteiger partial charge in [-0.25, -0.2) is 13.1 Å². The lowest BCUT2D eigenvalue weighted by Gasteiger charge is -2.22. The Bertz CT molecular complexity index is 621. The number of ether oxygens (including phenoxy) is 1. The maximum Gasteiger partial charge on any atom is 0.242 e. The minimum absolute atomic E-state index is 0.0291. The summed E-state index contributed by atoms with van der Waals surface area (Å²) in [6, 6.07) is 5.65. The molecule has 0 saturated heterocycles. The van der Waals surface area contributed by atoms with Gasteiger partial charge in [0.05, 0.1) is 17.1 Å². The largest absolute Gasteiger partial charge is 0.399 e. The number of rotatable bonds is 7. The molecule has 0 heterocycles. The quantitative estimate of drug-likeness (QED) is 0.742. The molecule has 0 radical (unpaired) electrons. The molecule has 0 aliphatic rings. The topological polar surface area (TPSA) is 105 Å². The smallest absolute Gasteiger partial charge is 0.242 e. The zero-order valence-corrected chi connectivity index (χ0v) is 13.3. The molecule has 6 nitrogen and oxygen atoms in total. The number of hydrogen-bond donors (Lipinski definition) is 2. The summed E-state index contributed by atoms with van der Waals surface area (Å²) in [7, 11) is -3.80. The first-order chi connectivity index (χ1) is 9.81. The summed E-state index contributed by atoms with van der Waals surface area (Å²) in [5.41, 5.74) is 5.95. The lowest BCUT2D eigenvalue weighted by Crippen LogP contribution is -2.42. The van der Waals surface area contributed by atoms with Gasteiger partial charge in [-0.15, -0.1) is 0 Å². The third kappa shape index (κ3) is 4.70. The van der Waals surface area contributed by atoms with Crippen LogP contribution in [0.1, 0.15) is 26.3 Å². The molecule has 7 heteroatoms. The molecule has 0 aliphatic heterocycles. The molecule has 0 spiro atoms. The maximum absolute atomic E-state index is 12.4. The van der Waals surface area contributed by atoms with Crippen LogP contribution < -0.4 is 10.5 Å². The van der Waals surface area contributed by atoms with Gasteiger partial charge in [0, 0.05) is 18.3 Å². The van der Waals surface area contributed by atoms with E-state index in [0.717, 1.165) is 0 Å². The molecule has 116 valence electrons. The number of nitriles is 1. The molecule has 0 aromatic heterocycles. The van der Waals surface area contributed by atoms with Crippen LogP contribution in [0.5, 0.6) is 0 Å². The van der Waals surface area contributed by atoms with Gasteiger partial charge in [-0.3, -0.25) is 0 Å². The van der Waals surface area contributed by atoms with Gasteiger partial charge >= 0.3 is 0 Å². The predicted molar refractivity (Wildman–Crippen MR) is 81.0 cm³/mol. The van der Waals surface area contributed by atoms with E-state index >= 15 is 0 Å². The summed E-state index contributed by atoms with van der Waals surface area (Å²) < 4.78 is 32.8. The third-order valence-corrected chi connectivity index (χ3v) is 4.57. The highest BCUT2D eigenvalue weighted by molar-refractivity contribution is 7.89. The van der Waals surface area contributed by atoms with Crippen molar-refractivity contribution in [3.63, 3.8) is 0 Å². The summed E-state index contributed by atoms with van der Waals surface area (Å²) in [4.78, 5) is -0.0682. The van der Waals surface area contributed by atoms with E-state index < -0.39 is 10.0 Å². The maximum atomic E-state index is 12.4. The summed E-state index contributed by atoms with van der Waals surface area (Å²) in [5, 5.41) is 9.07. The molecule has 0 bridgehead atoms. The minimum Gasteiger partial charge on any atom is -0.399 e. The van der Waals surface area contributed by atoms with E-state index in [-0.39, 0.29) is 29.0 Å². The Hall–Kier alpha value is -1.62.